The molecule has 0 N–H and O–H groups in total. The standard InChI is InChI=1S/C17H17F/c1-6-13-15(18)8-7-12-9-11(2)10-14(16(12)13)17(3,4)5/h1,7-10H,2-5H3. The smallest absolute Gasteiger partial charge is 0.139 e. The van der Waals surface area contributed by atoms with Gasteiger partial charge in [0.25, 0.3) is 0 Å². The molecule has 0 atom stereocenters. The fraction of sp³-hybridized carbons (Fsp3) is 0.294. The van der Waals surface area contributed by atoms with Crippen LogP contribution in [0.25, 0.3) is 10.8 Å². The average Bonchev–Trinajstić information content (AvgIpc) is 2.27. The Morgan fingerprint density at radius 2 is 1.83 bits per heavy atom. The molecule has 0 bridgehead atoms. The van der Waals surface area contributed by atoms with Gasteiger partial charge in [-0.2, -0.15) is 0 Å². The van der Waals surface area contributed by atoms with Gasteiger partial charge in [-0.25, -0.2) is 4.39 Å². The Morgan fingerprint density at radius 3 is 2.39 bits per heavy atom. The minimum absolute atomic E-state index is 0.0658. The molecular formula is C17H17F. The highest BCUT2D eigenvalue weighted by Crippen LogP contribution is 2.34. The van der Waals surface area contributed by atoms with Crippen molar-refractivity contribution in [3.05, 3.63) is 46.8 Å². The summed E-state index contributed by atoms with van der Waals surface area (Å²) >= 11 is 0. The molecule has 2 aromatic rings. The van der Waals surface area contributed by atoms with Gasteiger partial charge in [0.1, 0.15) is 5.82 Å². The average molecular weight is 240 g/mol. The normalized spacial score (nSPS) is 11.6. The van der Waals surface area contributed by atoms with Crippen LogP contribution in [0.2, 0.25) is 0 Å². The monoisotopic (exact) mass is 240 g/mol. The topological polar surface area (TPSA) is 0 Å². The van der Waals surface area contributed by atoms with Crippen molar-refractivity contribution in [1.82, 2.24) is 0 Å². The van der Waals surface area contributed by atoms with Crippen LogP contribution in [0.5, 0.6) is 0 Å². The molecule has 0 aliphatic carbocycles. The zero-order valence-corrected chi connectivity index (χ0v) is 11.3. The van der Waals surface area contributed by atoms with Crippen molar-refractivity contribution in [3.8, 4) is 12.3 Å². The van der Waals surface area contributed by atoms with Crippen molar-refractivity contribution in [2.24, 2.45) is 0 Å². The van der Waals surface area contributed by atoms with Crippen LogP contribution < -0.4 is 0 Å². The van der Waals surface area contributed by atoms with Gasteiger partial charge in [0.15, 0.2) is 0 Å². The lowest BCUT2D eigenvalue weighted by molar-refractivity contribution is 0.593. The molecule has 0 amide bonds. The molecule has 0 saturated carbocycles. The highest BCUT2D eigenvalue weighted by atomic mass is 19.1. The highest BCUT2D eigenvalue weighted by molar-refractivity contribution is 5.92. The molecule has 1 heteroatoms. The molecule has 92 valence electrons. The first-order valence-electron chi connectivity index (χ1n) is 6.04. The Balaban J connectivity index is 3.02. The third kappa shape index (κ3) is 1.99. The second kappa shape index (κ2) is 4.14. The Bertz CT molecular complexity index is 652. The summed E-state index contributed by atoms with van der Waals surface area (Å²) in [5.41, 5.74) is 2.58. The molecular weight excluding hydrogens is 223 g/mol. The summed E-state index contributed by atoms with van der Waals surface area (Å²) in [6.45, 7) is 8.40. The largest absolute Gasteiger partial charge is 0.206 e. The van der Waals surface area contributed by atoms with Crippen LogP contribution in [0, 0.1) is 25.1 Å². The first-order valence-corrected chi connectivity index (χ1v) is 6.04. The van der Waals surface area contributed by atoms with Gasteiger partial charge in [0.05, 0.1) is 5.56 Å². The van der Waals surface area contributed by atoms with E-state index in [-0.39, 0.29) is 11.2 Å². The Kier molecular flexibility index (Phi) is 2.91. The Labute approximate surface area is 108 Å². The van der Waals surface area contributed by atoms with E-state index in [4.69, 9.17) is 6.42 Å². The molecule has 0 radical (unpaired) electrons. The molecule has 0 saturated heterocycles. The SMILES string of the molecule is C#Cc1c(F)ccc2cc(C)cc(C(C)(C)C)c12. The second-order valence-electron chi connectivity index (χ2n) is 5.73. The third-order valence-corrected chi connectivity index (χ3v) is 3.16. The zero-order chi connectivity index (χ0) is 13.5. The number of halogens is 1. The third-order valence-electron chi connectivity index (χ3n) is 3.16. The highest BCUT2D eigenvalue weighted by Gasteiger charge is 2.20. The fourth-order valence-electron chi connectivity index (χ4n) is 2.32. The molecule has 0 unspecified atom stereocenters. The number of terminal acetylenes is 1. The zero-order valence-electron chi connectivity index (χ0n) is 11.3. The molecule has 0 aliphatic rings. The van der Waals surface area contributed by atoms with Crippen LogP contribution in [-0.2, 0) is 5.41 Å². The molecule has 2 rings (SSSR count). The lowest BCUT2D eigenvalue weighted by Gasteiger charge is -2.23. The lowest BCUT2D eigenvalue weighted by atomic mass is 9.81. The summed E-state index contributed by atoms with van der Waals surface area (Å²) in [5, 5.41) is 1.88. The molecule has 0 nitrogen and oxygen atoms in total. The van der Waals surface area contributed by atoms with Crippen LogP contribution in [0.1, 0.15) is 37.5 Å². The minimum Gasteiger partial charge on any atom is -0.206 e. The molecule has 0 aromatic heterocycles. The number of hydrogen-bond donors (Lipinski definition) is 0. The summed E-state index contributed by atoms with van der Waals surface area (Å²) in [4.78, 5) is 0. The van der Waals surface area contributed by atoms with Crippen molar-refractivity contribution >= 4 is 10.8 Å². The summed E-state index contributed by atoms with van der Waals surface area (Å²) < 4.78 is 13.8. The van der Waals surface area contributed by atoms with E-state index in [0.29, 0.717) is 5.56 Å². The predicted molar refractivity (Wildman–Crippen MR) is 75.3 cm³/mol. The molecule has 2 aromatic carbocycles. The van der Waals surface area contributed by atoms with Gasteiger partial charge in [0, 0.05) is 5.39 Å². The van der Waals surface area contributed by atoms with E-state index in [2.05, 4.69) is 32.8 Å². The molecule has 0 spiro atoms. The van der Waals surface area contributed by atoms with E-state index in [9.17, 15) is 4.39 Å². The Hall–Kier alpha value is -1.81. The number of hydrogen-bond acceptors (Lipinski definition) is 0. The van der Waals surface area contributed by atoms with Crippen LogP contribution in [0.15, 0.2) is 24.3 Å². The van der Waals surface area contributed by atoms with Gasteiger partial charge >= 0.3 is 0 Å². The summed E-state index contributed by atoms with van der Waals surface area (Å²) in [5.74, 6) is 2.18. The second-order valence-corrected chi connectivity index (χ2v) is 5.73. The van der Waals surface area contributed by atoms with Gasteiger partial charge in [0.2, 0.25) is 0 Å². The summed E-state index contributed by atoms with van der Waals surface area (Å²) in [6.07, 6.45) is 5.48. The number of benzene rings is 2. The van der Waals surface area contributed by atoms with Crippen LogP contribution in [0.4, 0.5) is 4.39 Å². The number of rotatable bonds is 0. The van der Waals surface area contributed by atoms with Crippen molar-refractivity contribution in [2.75, 3.05) is 0 Å². The van der Waals surface area contributed by atoms with Crippen molar-refractivity contribution in [3.63, 3.8) is 0 Å². The van der Waals surface area contributed by atoms with Crippen molar-refractivity contribution in [1.29, 1.82) is 0 Å². The minimum atomic E-state index is -0.320. The fourth-order valence-corrected chi connectivity index (χ4v) is 2.32. The first-order chi connectivity index (χ1) is 8.34. The number of fused-ring (bicyclic) bond motifs is 1. The summed E-state index contributed by atoms with van der Waals surface area (Å²) in [7, 11) is 0. The van der Waals surface area contributed by atoms with E-state index in [1.165, 1.54) is 11.6 Å². The van der Waals surface area contributed by atoms with Crippen LogP contribution in [0.3, 0.4) is 0 Å². The van der Waals surface area contributed by atoms with Crippen LogP contribution in [-0.4, -0.2) is 0 Å². The van der Waals surface area contributed by atoms with Crippen LogP contribution >= 0.6 is 0 Å². The van der Waals surface area contributed by atoms with Gasteiger partial charge in [-0.15, -0.1) is 6.42 Å². The molecule has 0 fully saturated rings. The maximum Gasteiger partial charge on any atom is 0.139 e. The van der Waals surface area contributed by atoms with Gasteiger partial charge < -0.3 is 0 Å². The lowest BCUT2D eigenvalue weighted by Crippen LogP contribution is -2.13. The predicted octanol–water partition coefficient (Wildman–Crippen LogP) is 4.57. The van der Waals surface area contributed by atoms with Gasteiger partial charge in [-0.05, 0) is 29.4 Å². The maximum atomic E-state index is 13.8. The summed E-state index contributed by atoms with van der Waals surface area (Å²) in [6, 6.07) is 7.39. The van der Waals surface area contributed by atoms with E-state index in [1.54, 1.807) is 6.07 Å². The van der Waals surface area contributed by atoms with E-state index >= 15 is 0 Å². The van der Waals surface area contributed by atoms with Gasteiger partial charge in [-0.1, -0.05) is 50.5 Å². The Morgan fingerprint density at radius 1 is 1.17 bits per heavy atom. The van der Waals surface area contributed by atoms with E-state index in [1.807, 2.05) is 13.0 Å². The number of aryl methyl sites for hydroxylation is 1. The van der Waals surface area contributed by atoms with Crippen molar-refractivity contribution in [2.45, 2.75) is 33.1 Å². The maximum absolute atomic E-state index is 13.8. The molecule has 0 heterocycles. The quantitative estimate of drug-likeness (QED) is 0.592. The molecule has 18 heavy (non-hydrogen) atoms. The van der Waals surface area contributed by atoms with Gasteiger partial charge in [-0.3, -0.25) is 0 Å². The molecule has 0 aliphatic heterocycles. The van der Waals surface area contributed by atoms with Crippen molar-refractivity contribution < 1.29 is 4.39 Å². The van der Waals surface area contributed by atoms with E-state index in [0.717, 1.165) is 16.3 Å². The first kappa shape index (κ1) is 12.6. The van der Waals surface area contributed by atoms with E-state index < -0.39 is 0 Å².